The number of pyridine rings is 1. The molecule has 1 amide bonds. The molecule has 3 heterocycles. The monoisotopic (exact) mass is 312 g/mol. The molecule has 3 rings (SSSR count). The Morgan fingerprint density at radius 3 is 2.96 bits per heavy atom. The zero-order valence-electron chi connectivity index (χ0n) is 13.9. The van der Waals surface area contributed by atoms with Crippen LogP contribution >= 0.6 is 0 Å². The summed E-state index contributed by atoms with van der Waals surface area (Å²) >= 11 is 0. The van der Waals surface area contributed by atoms with Crippen LogP contribution < -0.4 is 0 Å². The summed E-state index contributed by atoms with van der Waals surface area (Å²) in [6.45, 7) is 6.93. The molecule has 1 unspecified atom stereocenters. The Bertz CT molecular complexity index is 665. The summed E-state index contributed by atoms with van der Waals surface area (Å²) in [7, 11) is 0. The molecule has 0 radical (unpaired) electrons. The van der Waals surface area contributed by atoms with E-state index in [0.717, 1.165) is 44.7 Å². The maximum absolute atomic E-state index is 12.5. The lowest BCUT2D eigenvalue weighted by atomic mass is 10.0. The topological polar surface area (TPSA) is 51.0 Å². The lowest BCUT2D eigenvalue weighted by molar-refractivity contribution is 0.0781. The van der Waals surface area contributed by atoms with Crippen LogP contribution in [0, 0.1) is 12.8 Å². The number of amides is 1. The van der Waals surface area contributed by atoms with E-state index in [-0.39, 0.29) is 5.91 Å². The number of rotatable bonds is 5. The molecule has 5 nitrogen and oxygen atoms in total. The van der Waals surface area contributed by atoms with Crippen LogP contribution in [-0.4, -0.2) is 38.4 Å². The predicted octanol–water partition coefficient (Wildman–Crippen LogP) is 2.70. The van der Waals surface area contributed by atoms with Crippen molar-refractivity contribution in [2.75, 3.05) is 13.1 Å². The van der Waals surface area contributed by atoms with E-state index in [1.807, 2.05) is 23.2 Å². The van der Waals surface area contributed by atoms with Crippen LogP contribution in [0.2, 0.25) is 0 Å². The molecular weight excluding hydrogens is 288 g/mol. The Hall–Kier alpha value is -2.17. The number of hydrogen-bond acceptors (Lipinski definition) is 3. The SMILES string of the molecule is CCCn1c(C)cnc1CC1CCN(C(=O)c2ccccn2)C1. The highest BCUT2D eigenvalue weighted by atomic mass is 16.2. The number of hydrogen-bond donors (Lipinski definition) is 0. The van der Waals surface area contributed by atoms with E-state index in [1.54, 1.807) is 12.3 Å². The Morgan fingerprint density at radius 2 is 2.22 bits per heavy atom. The molecule has 0 aliphatic carbocycles. The van der Waals surface area contributed by atoms with Gasteiger partial charge in [0.2, 0.25) is 0 Å². The Balaban J connectivity index is 1.63. The lowest BCUT2D eigenvalue weighted by Gasteiger charge is -2.16. The Morgan fingerprint density at radius 1 is 1.35 bits per heavy atom. The first-order chi connectivity index (χ1) is 11.2. The lowest BCUT2D eigenvalue weighted by Crippen LogP contribution is -2.29. The van der Waals surface area contributed by atoms with Gasteiger partial charge in [-0.2, -0.15) is 0 Å². The van der Waals surface area contributed by atoms with E-state index in [9.17, 15) is 4.79 Å². The summed E-state index contributed by atoms with van der Waals surface area (Å²) in [5, 5.41) is 0. The fraction of sp³-hybridized carbons (Fsp3) is 0.500. The smallest absolute Gasteiger partial charge is 0.272 e. The van der Waals surface area contributed by atoms with Gasteiger partial charge in [-0.05, 0) is 37.8 Å². The van der Waals surface area contributed by atoms with Crippen LogP contribution in [0.1, 0.15) is 41.8 Å². The van der Waals surface area contributed by atoms with Gasteiger partial charge in [-0.25, -0.2) is 4.98 Å². The molecule has 1 atom stereocenters. The third-order valence-corrected chi connectivity index (χ3v) is 4.51. The summed E-state index contributed by atoms with van der Waals surface area (Å²) in [5.41, 5.74) is 1.76. The Labute approximate surface area is 137 Å². The number of nitrogens with zero attached hydrogens (tertiary/aromatic N) is 4. The molecule has 0 aromatic carbocycles. The zero-order chi connectivity index (χ0) is 16.2. The quantitative estimate of drug-likeness (QED) is 0.853. The van der Waals surface area contributed by atoms with E-state index >= 15 is 0 Å². The van der Waals surface area contributed by atoms with Gasteiger partial charge in [0.1, 0.15) is 11.5 Å². The standard InChI is InChI=1S/C18H24N4O/c1-3-9-22-14(2)12-20-17(22)11-15-7-10-21(13-15)18(23)16-6-4-5-8-19-16/h4-6,8,12,15H,3,7,9-11,13H2,1-2H3. The van der Waals surface area contributed by atoms with Crippen LogP contribution in [0.3, 0.4) is 0 Å². The highest BCUT2D eigenvalue weighted by Gasteiger charge is 2.28. The van der Waals surface area contributed by atoms with Crippen molar-refractivity contribution in [3.8, 4) is 0 Å². The average molecular weight is 312 g/mol. The third kappa shape index (κ3) is 3.44. The number of likely N-dealkylation sites (tertiary alicyclic amines) is 1. The van der Waals surface area contributed by atoms with Gasteiger partial charge in [0.05, 0.1) is 0 Å². The molecule has 2 aromatic heterocycles. The van der Waals surface area contributed by atoms with Crippen molar-refractivity contribution in [1.29, 1.82) is 0 Å². The van der Waals surface area contributed by atoms with Gasteiger partial charge in [0.25, 0.3) is 5.91 Å². The summed E-state index contributed by atoms with van der Waals surface area (Å²) in [5.74, 6) is 1.68. The fourth-order valence-corrected chi connectivity index (χ4v) is 3.30. The first-order valence-electron chi connectivity index (χ1n) is 8.40. The highest BCUT2D eigenvalue weighted by Crippen LogP contribution is 2.22. The summed E-state index contributed by atoms with van der Waals surface area (Å²) in [6, 6.07) is 5.48. The van der Waals surface area contributed by atoms with E-state index in [1.165, 1.54) is 5.69 Å². The van der Waals surface area contributed by atoms with Crippen molar-refractivity contribution in [3.05, 3.63) is 47.8 Å². The van der Waals surface area contributed by atoms with Crippen LogP contribution in [0.15, 0.2) is 30.6 Å². The molecule has 0 bridgehead atoms. The Kier molecular flexibility index (Phi) is 4.74. The summed E-state index contributed by atoms with van der Waals surface area (Å²) in [4.78, 5) is 23.1. The molecular formula is C18H24N4O. The number of carbonyl (C=O) groups excluding carboxylic acids is 1. The van der Waals surface area contributed by atoms with Crippen LogP contribution in [-0.2, 0) is 13.0 Å². The van der Waals surface area contributed by atoms with E-state index < -0.39 is 0 Å². The van der Waals surface area contributed by atoms with E-state index in [0.29, 0.717) is 11.6 Å². The molecule has 1 fully saturated rings. The maximum atomic E-state index is 12.5. The second-order valence-corrected chi connectivity index (χ2v) is 6.29. The molecule has 23 heavy (non-hydrogen) atoms. The van der Waals surface area contributed by atoms with Crippen LogP contribution in [0.4, 0.5) is 0 Å². The van der Waals surface area contributed by atoms with Gasteiger partial charge in [0, 0.05) is 44.1 Å². The zero-order valence-corrected chi connectivity index (χ0v) is 13.9. The van der Waals surface area contributed by atoms with E-state index in [4.69, 9.17) is 0 Å². The largest absolute Gasteiger partial charge is 0.337 e. The van der Waals surface area contributed by atoms with Gasteiger partial charge in [-0.1, -0.05) is 13.0 Å². The molecule has 1 aliphatic rings. The van der Waals surface area contributed by atoms with Gasteiger partial charge in [-0.15, -0.1) is 0 Å². The second kappa shape index (κ2) is 6.94. The minimum atomic E-state index is 0.0428. The van der Waals surface area contributed by atoms with Gasteiger partial charge in [0.15, 0.2) is 0 Å². The van der Waals surface area contributed by atoms with Gasteiger partial charge < -0.3 is 9.47 Å². The number of imidazole rings is 1. The second-order valence-electron chi connectivity index (χ2n) is 6.29. The first-order valence-corrected chi connectivity index (χ1v) is 8.40. The number of aryl methyl sites for hydroxylation is 1. The molecule has 2 aromatic rings. The van der Waals surface area contributed by atoms with Crippen molar-refractivity contribution >= 4 is 5.91 Å². The fourth-order valence-electron chi connectivity index (χ4n) is 3.30. The highest BCUT2D eigenvalue weighted by molar-refractivity contribution is 5.92. The van der Waals surface area contributed by atoms with Crippen molar-refractivity contribution in [3.63, 3.8) is 0 Å². The van der Waals surface area contributed by atoms with Crippen LogP contribution in [0.25, 0.3) is 0 Å². The number of carbonyl (C=O) groups is 1. The first kappa shape index (κ1) is 15.7. The minimum Gasteiger partial charge on any atom is -0.337 e. The van der Waals surface area contributed by atoms with Crippen molar-refractivity contribution in [1.82, 2.24) is 19.4 Å². The normalized spacial score (nSPS) is 17.7. The maximum Gasteiger partial charge on any atom is 0.272 e. The molecule has 0 spiro atoms. The van der Waals surface area contributed by atoms with Crippen LogP contribution in [0.5, 0.6) is 0 Å². The van der Waals surface area contributed by atoms with Crippen molar-refractivity contribution < 1.29 is 4.79 Å². The minimum absolute atomic E-state index is 0.0428. The summed E-state index contributed by atoms with van der Waals surface area (Å²) in [6.07, 6.45) is 6.72. The molecule has 1 saturated heterocycles. The summed E-state index contributed by atoms with van der Waals surface area (Å²) < 4.78 is 2.31. The third-order valence-electron chi connectivity index (χ3n) is 4.51. The predicted molar refractivity (Wildman–Crippen MR) is 89.2 cm³/mol. The molecule has 0 N–H and O–H groups in total. The average Bonchev–Trinajstić information content (AvgIpc) is 3.17. The molecule has 5 heteroatoms. The molecule has 1 aliphatic heterocycles. The molecule has 122 valence electrons. The number of aromatic nitrogens is 3. The van der Waals surface area contributed by atoms with E-state index in [2.05, 4.69) is 28.4 Å². The van der Waals surface area contributed by atoms with Crippen molar-refractivity contribution in [2.45, 2.75) is 39.7 Å². The van der Waals surface area contributed by atoms with Crippen molar-refractivity contribution in [2.24, 2.45) is 5.92 Å². The van der Waals surface area contributed by atoms with Gasteiger partial charge in [-0.3, -0.25) is 9.78 Å². The molecule has 0 saturated carbocycles. The van der Waals surface area contributed by atoms with Gasteiger partial charge >= 0.3 is 0 Å².